The van der Waals surface area contributed by atoms with Gasteiger partial charge in [0.2, 0.25) is 5.56 Å². The van der Waals surface area contributed by atoms with Gasteiger partial charge >= 0.3 is 0 Å². The summed E-state index contributed by atoms with van der Waals surface area (Å²) in [5.41, 5.74) is 7.96. The van der Waals surface area contributed by atoms with Crippen molar-refractivity contribution in [3.63, 3.8) is 0 Å². The van der Waals surface area contributed by atoms with E-state index in [2.05, 4.69) is 4.98 Å². The lowest BCUT2D eigenvalue weighted by atomic mass is 9.93. The third-order valence-corrected chi connectivity index (χ3v) is 3.71. The number of pyridine rings is 1. The van der Waals surface area contributed by atoms with E-state index in [4.69, 9.17) is 10.5 Å². The predicted molar refractivity (Wildman–Crippen MR) is 71.5 cm³/mol. The highest BCUT2D eigenvalue weighted by atomic mass is 19.1. The number of hydrogen-bond donors (Lipinski definition) is 2. The third kappa shape index (κ3) is 1.73. The van der Waals surface area contributed by atoms with Crippen LogP contribution in [0.5, 0.6) is 5.75 Å². The molecule has 5 heteroatoms. The number of alkyl halides is 1. The van der Waals surface area contributed by atoms with Crippen LogP contribution < -0.4 is 16.0 Å². The minimum Gasteiger partial charge on any atom is -0.487 e. The summed E-state index contributed by atoms with van der Waals surface area (Å²) in [6, 6.07) is 5.05. The molecule has 2 heterocycles. The number of fused-ring (bicyclic) bond motifs is 3. The molecular weight excluding hydrogens is 247 g/mol. The van der Waals surface area contributed by atoms with Gasteiger partial charge in [-0.1, -0.05) is 0 Å². The van der Waals surface area contributed by atoms with Gasteiger partial charge in [0.05, 0.1) is 18.1 Å². The van der Waals surface area contributed by atoms with Crippen molar-refractivity contribution >= 4 is 10.9 Å². The van der Waals surface area contributed by atoms with E-state index in [1.807, 2.05) is 13.0 Å². The summed E-state index contributed by atoms with van der Waals surface area (Å²) in [6.07, 6.45) is -0.336. The molecule has 4 nitrogen and oxygen atoms in total. The van der Waals surface area contributed by atoms with Crippen molar-refractivity contribution in [2.75, 3.05) is 13.2 Å². The highest BCUT2D eigenvalue weighted by Crippen LogP contribution is 2.43. The molecule has 0 bridgehead atoms. The van der Waals surface area contributed by atoms with E-state index >= 15 is 0 Å². The van der Waals surface area contributed by atoms with Crippen LogP contribution in [0.15, 0.2) is 23.0 Å². The Kier molecular flexibility index (Phi) is 2.78. The van der Waals surface area contributed by atoms with Crippen molar-refractivity contribution in [1.82, 2.24) is 4.98 Å². The van der Waals surface area contributed by atoms with Crippen LogP contribution in [0.1, 0.15) is 17.0 Å². The maximum absolute atomic E-state index is 13.2. The number of aryl methyl sites for hydroxylation is 1. The largest absolute Gasteiger partial charge is 0.487 e. The van der Waals surface area contributed by atoms with E-state index in [0.29, 0.717) is 5.75 Å². The van der Waals surface area contributed by atoms with Crippen LogP contribution in [0.2, 0.25) is 0 Å². The first-order valence-corrected chi connectivity index (χ1v) is 6.25. The second-order valence-electron chi connectivity index (χ2n) is 4.88. The summed E-state index contributed by atoms with van der Waals surface area (Å²) >= 11 is 0. The number of nitrogens with one attached hydrogen (secondary N) is 1. The van der Waals surface area contributed by atoms with Gasteiger partial charge in [0.15, 0.2) is 0 Å². The Labute approximate surface area is 109 Å². The molecule has 3 rings (SSSR count). The van der Waals surface area contributed by atoms with E-state index in [0.717, 1.165) is 22.0 Å². The first kappa shape index (κ1) is 12.2. The number of hydrogen-bond acceptors (Lipinski definition) is 3. The molecule has 0 spiro atoms. The Balaban J connectivity index is 2.30. The number of benzene rings is 1. The number of aromatic amines is 1. The Bertz CT molecular complexity index is 696. The van der Waals surface area contributed by atoms with Crippen molar-refractivity contribution in [3.05, 3.63) is 39.7 Å². The van der Waals surface area contributed by atoms with Crippen LogP contribution in [0.4, 0.5) is 4.39 Å². The van der Waals surface area contributed by atoms with Crippen LogP contribution in [0.3, 0.4) is 0 Å². The molecule has 0 saturated heterocycles. The molecule has 100 valence electrons. The van der Waals surface area contributed by atoms with E-state index in [1.165, 1.54) is 6.07 Å². The van der Waals surface area contributed by atoms with Gasteiger partial charge in [0.25, 0.3) is 0 Å². The molecule has 3 N–H and O–H groups in total. The van der Waals surface area contributed by atoms with Gasteiger partial charge in [-0.2, -0.15) is 0 Å². The fourth-order valence-corrected chi connectivity index (χ4v) is 2.74. The van der Waals surface area contributed by atoms with Gasteiger partial charge in [0.1, 0.15) is 11.9 Å². The average Bonchev–Trinajstić information content (AvgIpc) is 2.76. The van der Waals surface area contributed by atoms with Crippen LogP contribution >= 0.6 is 0 Å². The first-order valence-electron chi connectivity index (χ1n) is 6.25. The zero-order valence-corrected chi connectivity index (χ0v) is 10.6. The number of aromatic nitrogens is 1. The predicted octanol–water partition coefficient (Wildman–Crippen LogP) is 1.61. The number of rotatable bonds is 2. The van der Waals surface area contributed by atoms with E-state index < -0.39 is 6.67 Å². The Morgan fingerprint density at radius 2 is 2.26 bits per heavy atom. The molecule has 19 heavy (non-hydrogen) atoms. The summed E-state index contributed by atoms with van der Waals surface area (Å²) in [5, 5.41) is 0.809. The summed E-state index contributed by atoms with van der Waals surface area (Å²) < 4.78 is 19.0. The lowest BCUT2D eigenvalue weighted by Gasteiger charge is -2.13. The molecule has 0 amide bonds. The maximum atomic E-state index is 13.2. The summed E-state index contributed by atoms with van der Waals surface area (Å²) in [7, 11) is 0. The topological polar surface area (TPSA) is 68.1 Å². The standard InChI is InChI=1S/C14H15FN2O2/c1-7-4-9-10(5-15)11(6-16)19-14(9)8-2-3-12(18)17-13(7)8/h2-4,10-11H,5-6,16H2,1H3,(H,17,18). The van der Waals surface area contributed by atoms with Gasteiger partial charge in [-0.3, -0.25) is 9.18 Å². The van der Waals surface area contributed by atoms with E-state index in [-0.39, 0.29) is 24.1 Å². The molecule has 1 aliphatic heterocycles. The van der Waals surface area contributed by atoms with Crippen molar-refractivity contribution < 1.29 is 9.13 Å². The molecule has 2 aromatic rings. The zero-order chi connectivity index (χ0) is 13.6. The lowest BCUT2D eigenvalue weighted by Crippen LogP contribution is -2.29. The van der Waals surface area contributed by atoms with Crippen molar-refractivity contribution in [2.45, 2.75) is 18.9 Å². The van der Waals surface area contributed by atoms with Gasteiger partial charge < -0.3 is 15.5 Å². The van der Waals surface area contributed by atoms with E-state index in [1.54, 1.807) is 6.07 Å². The average molecular weight is 262 g/mol. The third-order valence-electron chi connectivity index (χ3n) is 3.71. The first-order chi connectivity index (χ1) is 9.15. The molecule has 1 aromatic carbocycles. The SMILES string of the molecule is Cc1cc2c(c3ccc(=O)[nH]c13)OC(CN)C2CF. The van der Waals surface area contributed by atoms with Crippen LogP contribution in [0, 0.1) is 6.92 Å². The molecule has 2 unspecified atom stereocenters. The van der Waals surface area contributed by atoms with Crippen molar-refractivity contribution in [1.29, 1.82) is 0 Å². The summed E-state index contributed by atoms with van der Waals surface area (Å²) in [4.78, 5) is 14.2. The second-order valence-corrected chi connectivity index (χ2v) is 4.88. The minimum absolute atomic E-state index is 0.161. The smallest absolute Gasteiger partial charge is 0.248 e. The molecular formula is C14H15FN2O2. The summed E-state index contributed by atoms with van der Waals surface area (Å²) in [5.74, 6) is 0.324. The van der Waals surface area contributed by atoms with Crippen molar-refractivity contribution in [2.24, 2.45) is 5.73 Å². The van der Waals surface area contributed by atoms with Crippen LogP contribution in [-0.2, 0) is 0 Å². The van der Waals surface area contributed by atoms with Crippen LogP contribution in [0.25, 0.3) is 10.9 Å². The quantitative estimate of drug-likeness (QED) is 0.864. The number of halogens is 1. The summed E-state index contributed by atoms with van der Waals surface area (Å²) in [6.45, 7) is 1.67. The Morgan fingerprint density at radius 3 is 2.95 bits per heavy atom. The molecule has 0 aliphatic carbocycles. The highest BCUT2D eigenvalue weighted by Gasteiger charge is 2.35. The highest BCUT2D eigenvalue weighted by molar-refractivity contribution is 5.89. The van der Waals surface area contributed by atoms with Crippen LogP contribution in [-0.4, -0.2) is 24.3 Å². The Morgan fingerprint density at radius 1 is 1.47 bits per heavy atom. The van der Waals surface area contributed by atoms with Crippen molar-refractivity contribution in [3.8, 4) is 5.75 Å². The Hall–Kier alpha value is -1.88. The zero-order valence-electron chi connectivity index (χ0n) is 10.6. The monoisotopic (exact) mass is 262 g/mol. The fraction of sp³-hybridized carbons (Fsp3) is 0.357. The van der Waals surface area contributed by atoms with Gasteiger partial charge in [0, 0.05) is 23.6 Å². The minimum atomic E-state index is -0.497. The van der Waals surface area contributed by atoms with E-state index in [9.17, 15) is 9.18 Å². The normalized spacial score (nSPS) is 21.4. The molecule has 0 saturated carbocycles. The number of nitrogens with two attached hydrogens (primary N) is 1. The lowest BCUT2D eigenvalue weighted by molar-refractivity contribution is 0.198. The second kappa shape index (κ2) is 4.35. The van der Waals surface area contributed by atoms with Gasteiger partial charge in [-0.15, -0.1) is 0 Å². The molecule has 1 aromatic heterocycles. The molecule has 0 radical (unpaired) electrons. The number of H-pyrrole nitrogens is 1. The van der Waals surface area contributed by atoms with Gasteiger partial charge in [-0.25, -0.2) is 0 Å². The molecule has 2 atom stereocenters. The fourth-order valence-electron chi connectivity index (χ4n) is 2.74. The van der Waals surface area contributed by atoms with Gasteiger partial charge in [-0.05, 0) is 24.6 Å². The maximum Gasteiger partial charge on any atom is 0.248 e. The molecule has 0 fully saturated rings. The number of ether oxygens (including phenoxy) is 1. The molecule has 1 aliphatic rings.